The van der Waals surface area contributed by atoms with E-state index in [4.69, 9.17) is 16.0 Å². The van der Waals surface area contributed by atoms with Crippen LogP contribution in [0, 0.1) is 0 Å². The van der Waals surface area contributed by atoms with E-state index in [2.05, 4.69) is 81.4 Å². The Hall–Kier alpha value is -1.09. The Morgan fingerprint density at radius 1 is 0.783 bits per heavy atom. The predicted molar refractivity (Wildman–Crippen MR) is 104 cm³/mol. The largest absolute Gasteiger partial charge is 0.406 e. The summed E-state index contributed by atoms with van der Waals surface area (Å²) in [7, 11) is -2.44. The summed E-state index contributed by atoms with van der Waals surface area (Å²) >= 11 is 6.46. The van der Waals surface area contributed by atoms with E-state index in [1.54, 1.807) is 0 Å². The molecule has 0 fully saturated rings. The van der Waals surface area contributed by atoms with Crippen LogP contribution in [-0.2, 0) is 4.43 Å². The Morgan fingerprint density at radius 2 is 1.17 bits per heavy atom. The molecule has 2 rings (SSSR count). The van der Waals surface area contributed by atoms with Gasteiger partial charge < -0.3 is 4.43 Å². The monoisotopic (exact) mass is 346 g/mol. The second kappa shape index (κ2) is 6.80. The van der Waals surface area contributed by atoms with E-state index in [0.717, 1.165) is 0 Å². The maximum atomic E-state index is 6.74. The molecule has 0 bridgehead atoms. The van der Waals surface area contributed by atoms with Gasteiger partial charge in [-0.2, -0.15) is 0 Å². The van der Waals surface area contributed by atoms with Crippen LogP contribution in [0.4, 0.5) is 0 Å². The molecular formula is C20H27ClOSi. The van der Waals surface area contributed by atoms with Gasteiger partial charge in [-0.25, -0.2) is 0 Å². The second-order valence-electron chi connectivity index (χ2n) is 7.67. The molecule has 0 heterocycles. The molecule has 0 amide bonds. The topological polar surface area (TPSA) is 9.23 Å². The van der Waals surface area contributed by atoms with E-state index < -0.39 is 8.32 Å². The lowest BCUT2D eigenvalue weighted by atomic mass is 10.2. The van der Waals surface area contributed by atoms with Gasteiger partial charge in [-0.05, 0) is 29.3 Å². The van der Waals surface area contributed by atoms with Crippen molar-refractivity contribution in [3.05, 3.63) is 60.7 Å². The lowest BCUT2D eigenvalue weighted by molar-refractivity contribution is 0.267. The number of rotatable bonds is 5. The predicted octanol–water partition coefficient (Wildman–Crippen LogP) is 4.58. The van der Waals surface area contributed by atoms with Gasteiger partial charge in [-0.1, -0.05) is 81.4 Å². The standard InChI is InChI=1S/C20H27ClOSi/c1-19(2,3)23(22-16-20(4,5)21,17-12-8-6-9-13-17)18-14-10-7-11-15-18/h6-15H,16H2,1-5H3. The van der Waals surface area contributed by atoms with Crippen molar-refractivity contribution in [2.24, 2.45) is 0 Å². The molecule has 3 heteroatoms. The fraction of sp³-hybridized carbons (Fsp3) is 0.400. The number of hydrogen-bond donors (Lipinski definition) is 0. The average molecular weight is 347 g/mol. The zero-order valence-corrected chi connectivity index (χ0v) is 16.5. The van der Waals surface area contributed by atoms with Crippen LogP contribution in [0.1, 0.15) is 34.6 Å². The summed E-state index contributed by atoms with van der Waals surface area (Å²) in [5.41, 5.74) is 0. The Balaban J connectivity index is 2.65. The van der Waals surface area contributed by atoms with Crippen molar-refractivity contribution in [3.63, 3.8) is 0 Å². The highest BCUT2D eigenvalue weighted by molar-refractivity contribution is 6.99. The number of hydrogen-bond acceptors (Lipinski definition) is 1. The first kappa shape index (κ1) is 18.2. The average Bonchev–Trinajstić information content (AvgIpc) is 2.47. The van der Waals surface area contributed by atoms with Crippen molar-refractivity contribution in [1.82, 2.24) is 0 Å². The summed E-state index contributed by atoms with van der Waals surface area (Å²) in [5, 5.41) is 2.58. The van der Waals surface area contributed by atoms with Crippen molar-refractivity contribution < 1.29 is 4.43 Å². The van der Waals surface area contributed by atoms with E-state index in [-0.39, 0.29) is 9.91 Å². The fourth-order valence-electron chi connectivity index (χ4n) is 3.04. The van der Waals surface area contributed by atoms with Gasteiger partial charge in [0.2, 0.25) is 0 Å². The molecule has 0 aliphatic rings. The van der Waals surface area contributed by atoms with Gasteiger partial charge in [0.15, 0.2) is 0 Å². The maximum absolute atomic E-state index is 6.74. The molecule has 0 aromatic heterocycles. The second-order valence-corrected chi connectivity index (χ2v) is 13.0. The lowest BCUT2D eigenvalue weighted by Gasteiger charge is -2.44. The van der Waals surface area contributed by atoms with Crippen molar-refractivity contribution in [1.29, 1.82) is 0 Å². The summed E-state index contributed by atoms with van der Waals surface area (Å²) in [6.07, 6.45) is 0. The molecule has 0 spiro atoms. The highest BCUT2D eigenvalue weighted by Crippen LogP contribution is 2.37. The molecule has 0 aliphatic heterocycles. The minimum absolute atomic E-state index is 0.00214. The third kappa shape index (κ3) is 4.06. The van der Waals surface area contributed by atoms with Gasteiger partial charge in [0.25, 0.3) is 8.32 Å². The Labute approximate surface area is 146 Å². The fourth-order valence-corrected chi connectivity index (χ4v) is 7.92. The van der Waals surface area contributed by atoms with Crippen LogP contribution in [0.2, 0.25) is 5.04 Å². The number of benzene rings is 2. The molecule has 0 aliphatic carbocycles. The molecule has 2 aromatic carbocycles. The Kier molecular flexibility index (Phi) is 5.39. The van der Waals surface area contributed by atoms with Crippen LogP contribution in [0.25, 0.3) is 0 Å². The molecule has 0 saturated heterocycles. The summed E-state index contributed by atoms with van der Waals surface area (Å²) in [6.45, 7) is 11.4. The van der Waals surface area contributed by atoms with Gasteiger partial charge in [-0.3, -0.25) is 0 Å². The van der Waals surface area contributed by atoms with Crippen LogP contribution in [0.3, 0.4) is 0 Å². The van der Waals surface area contributed by atoms with Crippen molar-refractivity contribution in [3.8, 4) is 0 Å². The first-order valence-corrected chi connectivity index (χ1v) is 10.4. The van der Waals surface area contributed by atoms with Crippen molar-refractivity contribution >= 4 is 30.3 Å². The van der Waals surface area contributed by atoms with E-state index in [0.29, 0.717) is 6.61 Å². The maximum Gasteiger partial charge on any atom is 0.261 e. The first-order chi connectivity index (χ1) is 10.7. The summed E-state index contributed by atoms with van der Waals surface area (Å²) in [4.78, 5) is -0.382. The number of halogens is 1. The van der Waals surface area contributed by atoms with Crippen LogP contribution in [0.5, 0.6) is 0 Å². The minimum atomic E-state index is -2.44. The smallest absolute Gasteiger partial charge is 0.261 e. The van der Waals surface area contributed by atoms with Gasteiger partial charge in [0.1, 0.15) is 0 Å². The van der Waals surface area contributed by atoms with Crippen molar-refractivity contribution in [2.75, 3.05) is 6.61 Å². The Morgan fingerprint density at radius 3 is 1.48 bits per heavy atom. The van der Waals surface area contributed by atoms with Crippen LogP contribution in [-0.4, -0.2) is 19.8 Å². The van der Waals surface area contributed by atoms with Crippen molar-refractivity contribution in [2.45, 2.75) is 44.5 Å². The highest BCUT2D eigenvalue weighted by atomic mass is 35.5. The molecule has 0 saturated carbocycles. The normalized spacial score (nSPS) is 13.1. The zero-order chi connectivity index (χ0) is 17.1. The number of alkyl halides is 1. The Bertz CT molecular complexity index is 572. The molecule has 0 N–H and O–H groups in total. The van der Waals surface area contributed by atoms with Gasteiger partial charge in [-0.15, -0.1) is 11.6 Å². The van der Waals surface area contributed by atoms with Gasteiger partial charge in [0, 0.05) is 0 Å². The molecule has 0 unspecified atom stereocenters. The molecular weight excluding hydrogens is 320 g/mol. The first-order valence-electron chi connectivity index (χ1n) is 8.11. The van der Waals surface area contributed by atoms with Gasteiger partial charge in [0.05, 0.1) is 11.5 Å². The van der Waals surface area contributed by atoms with E-state index >= 15 is 0 Å². The summed E-state index contributed by atoms with van der Waals surface area (Å²) in [5.74, 6) is 0. The summed E-state index contributed by atoms with van der Waals surface area (Å²) < 4.78 is 6.74. The third-order valence-corrected chi connectivity index (χ3v) is 9.14. The third-order valence-electron chi connectivity index (χ3n) is 4.05. The zero-order valence-electron chi connectivity index (χ0n) is 14.8. The van der Waals surface area contributed by atoms with Crippen LogP contribution in [0.15, 0.2) is 60.7 Å². The SMILES string of the molecule is CC(C)(Cl)CO[Si](c1ccccc1)(c1ccccc1)C(C)(C)C. The molecule has 0 radical (unpaired) electrons. The van der Waals surface area contributed by atoms with E-state index in [1.807, 2.05) is 13.8 Å². The summed E-state index contributed by atoms with van der Waals surface area (Å²) in [6, 6.07) is 21.3. The lowest BCUT2D eigenvalue weighted by Crippen LogP contribution is -2.67. The molecule has 124 valence electrons. The highest BCUT2D eigenvalue weighted by Gasteiger charge is 2.50. The quantitative estimate of drug-likeness (QED) is 0.568. The van der Waals surface area contributed by atoms with E-state index in [1.165, 1.54) is 10.4 Å². The molecule has 23 heavy (non-hydrogen) atoms. The molecule has 0 atom stereocenters. The van der Waals surface area contributed by atoms with Crippen LogP contribution >= 0.6 is 11.6 Å². The molecule has 1 nitrogen and oxygen atoms in total. The van der Waals surface area contributed by atoms with E-state index in [9.17, 15) is 0 Å². The molecule has 2 aromatic rings. The van der Waals surface area contributed by atoms with Gasteiger partial charge >= 0.3 is 0 Å². The minimum Gasteiger partial charge on any atom is -0.406 e. The van der Waals surface area contributed by atoms with Crippen LogP contribution < -0.4 is 10.4 Å².